The van der Waals surface area contributed by atoms with E-state index in [1.54, 1.807) is 7.11 Å². The molecule has 0 aliphatic carbocycles. The largest absolute Gasteiger partial charge is 0.483 e. The fourth-order valence-corrected chi connectivity index (χ4v) is 2.51. The molecule has 26 heavy (non-hydrogen) atoms. The molecule has 0 atom stereocenters. The predicted octanol–water partition coefficient (Wildman–Crippen LogP) is 3.45. The Labute approximate surface area is 155 Å². The minimum atomic E-state index is -0.170. The summed E-state index contributed by atoms with van der Waals surface area (Å²) in [5.74, 6) is 0.554. The summed E-state index contributed by atoms with van der Waals surface area (Å²) in [6.45, 7) is 6.35. The van der Waals surface area contributed by atoms with Crippen molar-refractivity contribution in [2.75, 3.05) is 32.2 Å². The molecule has 2 N–H and O–H groups in total. The summed E-state index contributed by atoms with van der Waals surface area (Å²) in [6, 6.07) is 13.6. The Balaban J connectivity index is 1.84. The second kappa shape index (κ2) is 10.6. The number of nitrogens with one attached hydrogen (secondary N) is 2. The van der Waals surface area contributed by atoms with Gasteiger partial charge in [0.25, 0.3) is 5.91 Å². The van der Waals surface area contributed by atoms with E-state index in [0.29, 0.717) is 6.54 Å². The van der Waals surface area contributed by atoms with Crippen molar-refractivity contribution in [3.63, 3.8) is 0 Å². The van der Waals surface area contributed by atoms with E-state index >= 15 is 0 Å². The van der Waals surface area contributed by atoms with Crippen molar-refractivity contribution >= 4 is 11.6 Å². The third kappa shape index (κ3) is 6.50. The smallest absolute Gasteiger partial charge is 0.262 e. The van der Waals surface area contributed by atoms with Crippen LogP contribution >= 0.6 is 0 Å². The van der Waals surface area contributed by atoms with Crippen molar-refractivity contribution in [1.82, 2.24) is 5.32 Å². The number of rotatable bonds is 10. The van der Waals surface area contributed by atoms with Crippen molar-refractivity contribution in [3.8, 4) is 5.75 Å². The highest BCUT2D eigenvalue weighted by molar-refractivity contribution is 5.92. The average molecular weight is 356 g/mol. The van der Waals surface area contributed by atoms with Gasteiger partial charge in [-0.25, -0.2) is 0 Å². The first kappa shape index (κ1) is 19.9. The van der Waals surface area contributed by atoms with Crippen LogP contribution in [0.2, 0.25) is 0 Å². The molecule has 2 aromatic carbocycles. The molecule has 2 aromatic rings. The van der Waals surface area contributed by atoms with Crippen molar-refractivity contribution in [1.29, 1.82) is 0 Å². The van der Waals surface area contributed by atoms with Gasteiger partial charge in [0.15, 0.2) is 6.61 Å². The van der Waals surface area contributed by atoms with Gasteiger partial charge < -0.3 is 20.1 Å². The van der Waals surface area contributed by atoms with Gasteiger partial charge in [-0.05, 0) is 56.1 Å². The third-order valence-electron chi connectivity index (χ3n) is 4.14. The quantitative estimate of drug-likeness (QED) is 0.640. The molecule has 0 saturated heterocycles. The average Bonchev–Trinajstić information content (AvgIpc) is 2.64. The maximum atomic E-state index is 12.2. The fourth-order valence-electron chi connectivity index (χ4n) is 2.51. The molecule has 1 amide bonds. The zero-order chi connectivity index (χ0) is 18.8. The summed E-state index contributed by atoms with van der Waals surface area (Å²) in [7, 11) is 1.70. The van der Waals surface area contributed by atoms with Gasteiger partial charge in [-0.1, -0.05) is 24.3 Å². The Morgan fingerprint density at radius 3 is 2.65 bits per heavy atom. The van der Waals surface area contributed by atoms with Gasteiger partial charge in [-0.15, -0.1) is 0 Å². The molecule has 0 spiro atoms. The molecule has 140 valence electrons. The topological polar surface area (TPSA) is 59.6 Å². The predicted molar refractivity (Wildman–Crippen MR) is 105 cm³/mol. The van der Waals surface area contributed by atoms with Gasteiger partial charge in [-0.3, -0.25) is 4.79 Å². The number of hydrogen-bond donors (Lipinski definition) is 2. The first-order valence-electron chi connectivity index (χ1n) is 8.87. The highest BCUT2D eigenvalue weighted by Gasteiger charge is 2.07. The van der Waals surface area contributed by atoms with Gasteiger partial charge in [-0.2, -0.15) is 0 Å². The van der Waals surface area contributed by atoms with Crippen molar-refractivity contribution in [2.24, 2.45) is 0 Å². The standard InChI is InChI=1S/C21H28N2O3/c1-16-9-10-19(13-17(16)2)23-21(24)15-26-20-8-5-4-7-18(20)14-22-11-6-12-25-3/h4-5,7-10,13,22H,6,11-12,14-15H2,1-3H3,(H,23,24). The second-order valence-corrected chi connectivity index (χ2v) is 6.27. The van der Waals surface area contributed by atoms with Gasteiger partial charge >= 0.3 is 0 Å². The fraction of sp³-hybridized carbons (Fsp3) is 0.381. The molecule has 0 radical (unpaired) electrons. The van der Waals surface area contributed by atoms with Crippen molar-refractivity contribution in [3.05, 3.63) is 59.2 Å². The SMILES string of the molecule is COCCCNCc1ccccc1OCC(=O)Nc1ccc(C)c(C)c1. The van der Waals surface area contributed by atoms with Crippen LogP contribution < -0.4 is 15.4 Å². The van der Waals surface area contributed by atoms with E-state index < -0.39 is 0 Å². The van der Waals surface area contributed by atoms with E-state index in [-0.39, 0.29) is 12.5 Å². The van der Waals surface area contributed by atoms with Gasteiger partial charge in [0.05, 0.1) is 0 Å². The molecule has 0 saturated carbocycles. The molecule has 0 heterocycles. The molecule has 0 aliphatic heterocycles. The number of carbonyl (C=O) groups excluding carboxylic acids is 1. The number of methoxy groups -OCH3 is 1. The molecular weight excluding hydrogens is 328 g/mol. The molecule has 0 fully saturated rings. The van der Waals surface area contributed by atoms with Crippen LogP contribution in [-0.4, -0.2) is 32.8 Å². The highest BCUT2D eigenvalue weighted by Crippen LogP contribution is 2.18. The van der Waals surface area contributed by atoms with E-state index in [1.165, 1.54) is 5.56 Å². The number of anilines is 1. The normalized spacial score (nSPS) is 10.6. The molecular formula is C21H28N2O3. The number of para-hydroxylation sites is 1. The summed E-state index contributed by atoms with van der Waals surface area (Å²) >= 11 is 0. The summed E-state index contributed by atoms with van der Waals surface area (Å²) < 4.78 is 10.8. The molecule has 2 rings (SSSR count). The number of aryl methyl sites for hydroxylation is 2. The Hall–Kier alpha value is -2.37. The first-order valence-corrected chi connectivity index (χ1v) is 8.87. The lowest BCUT2D eigenvalue weighted by Gasteiger charge is -2.13. The minimum Gasteiger partial charge on any atom is -0.483 e. The van der Waals surface area contributed by atoms with E-state index in [9.17, 15) is 4.79 Å². The summed E-state index contributed by atoms with van der Waals surface area (Å²) in [5, 5.41) is 6.23. The lowest BCUT2D eigenvalue weighted by atomic mass is 10.1. The van der Waals surface area contributed by atoms with Crippen molar-refractivity contribution < 1.29 is 14.3 Å². The molecule has 0 aliphatic rings. The Kier molecular flexibility index (Phi) is 8.12. The zero-order valence-corrected chi connectivity index (χ0v) is 15.8. The maximum Gasteiger partial charge on any atom is 0.262 e. The first-order chi connectivity index (χ1) is 12.6. The van der Waals surface area contributed by atoms with E-state index in [4.69, 9.17) is 9.47 Å². The van der Waals surface area contributed by atoms with E-state index in [2.05, 4.69) is 10.6 Å². The van der Waals surface area contributed by atoms with Crippen LogP contribution in [0.1, 0.15) is 23.1 Å². The number of amides is 1. The zero-order valence-electron chi connectivity index (χ0n) is 15.8. The van der Waals surface area contributed by atoms with E-state index in [0.717, 1.165) is 42.1 Å². The molecule has 0 aromatic heterocycles. The number of carbonyl (C=O) groups is 1. The summed E-state index contributed by atoms with van der Waals surface area (Å²) in [5.41, 5.74) is 4.17. The van der Waals surface area contributed by atoms with Gasteiger partial charge in [0.1, 0.15) is 5.75 Å². The Morgan fingerprint density at radius 2 is 1.88 bits per heavy atom. The van der Waals surface area contributed by atoms with Crippen LogP contribution in [0, 0.1) is 13.8 Å². The lowest BCUT2D eigenvalue weighted by molar-refractivity contribution is -0.118. The molecule has 0 bridgehead atoms. The monoisotopic (exact) mass is 356 g/mol. The minimum absolute atomic E-state index is 0.0202. The lowest BCUT2D eigenvalue weighted by Crippen LogP contribution is -2.21. The second-order valence-electron chi connectivity index (χ2n) is 6.27. The van der Waals surface area contributed by atoms with Crippen LogP contribution in [0.5, 0.6) is 5.75 Å². The maximum absolute atomic E-state index is 12.2. The van der Waals surface area contributed by atoms with Crippen LogP contribution in [0.3, 0.4) is 0 Å². The van der Waals surface area contributed by atoms with Crippen molar-refractivity contribution in [2.45, 2.75) is 26.8 Å². The van der Waals surface area contributed by atoms with Crippen LogP contribution in [0.25, 0.3) is 0 Å². The Morgan fingerprint density at radius 1 is 1.08 bits per heavy atom. The number of ether oxygens (including phenoxy) is 2. The number of hydrogen-bond acceptors (Lipinski definition) is 4. The van der Waals surface area contributed by atoms with E-state index in [1.807, 2.05) is 56.3 Å². The van der Waals surface area contributed by atoms with Gasteiger partial charge in [0.2, 0.25) is 0 Å². The van der Waals surface area contributed by atoms with Gasteiger partial charge in [0, 0.05) is 31.5 Å². The van der Waals surface area contributed by atoms with Crippen LogP contribution in [0.4, 0.5) is 5.69 Å². The molecule has 5 heteroatoms. The molecule has 5 nitrogen and oxygen atoms in total. The molecule has 0 unspecified atom stereocenters. The summed E-state index contributed by atoms with van der Waals surface area (Å²) in [4.78, 5) is 12.2. The highest BCUT2D eigenvalue weighted by atomic mass is 16.5. The third-order valence-corrected chi connectivity index (χ3v) is 4.14. The van der Waals surface area contributed by atoms with Crippen LogP contribution in [0.15, 0.2) is 42.5 Å². The van der Waals surface area contributed by atoms with Crippen LogP contribution in [-0.2, 0) is 16.1 Å². The Bertz CT molecular complexity index is 716. The number of benzene rings is 2. The summed E-state index contributed by atoms with van der Waals surface area (Å²) in [6.07, 6.45) is 0.956.